The van der Waals surface area contributed by atoms with Crippen molar-refractivity contribution in [2.45, 2.75) is 26.2 Å². The standard InChI is InChI=1S/C13H20O3/c1-2-6-13(9-14,10-15)8-11-4-3-5-12(16)7-11/h3-5,7,14-16H,2,6,8-10H2,1H3. The van der Waals surface area contributed by atoms with Gasteiger partial charge >= 0.3 is 0 Å². The van der Waals surface area contributed by atoms with E-state index in [0.29, 0.717) is 6.42 Å². The second-order valence-corrected chi connectivity index (χ2v) is 4.41. The highest BCUT2D eigenvalue weighted by Gasteiger charge is 2.28. The molecule has 3 nitrogen and oxygen atoms in total. The number of hydrogen-bond donors (Lipinski definition) is 3. The van der Waals surface area contributed by atoms with Gasteiger partial charge in [-0.3, -0.25) is 0 Å². The van der Waals surface area contributed by atoms with Gasteiger partial charge in [-0.25, -0.2) is 0 Å². The van der Waals surface area contributed by atoms with Crippen LogP contribution < -0.4 is 0 Å². The molecule has 0 radical (unpaired) electrons. The number of aliphatic hydroxyl groups is 2. The van der Waals surface area contributed by atoms with Gasteiger partial charge in [-0.1, -0.05) is 25.5 Å². The number of aliphatic hydroxyl groups excluding tert-OH is 2. The van der Waals surface area contributed by atoms with Gasteiger partial charge in [0.15, 0.2) is 0 Å². The molecular formula is C13H20O3. The van der Waals surface area contributed by atoms with Crippen molar-refractivity contribution in [1.82, 2.24) is 0 Å². The smallest absolute Gasteiger partial charge is 0.115 e. The molecule has 1 rings (SSSR count). The monoisotopic (exact) mass is 224 g/mol. The average molecular weight is 224 g/mol. The van der Waals surface area contributed by atoms with E-state index < -0.39 is 5.41 Å². The third kappa shape index (κ3) is 3.22. The van der Waals surface area contributed by atoms with E-state index in [1.165, 1.54) is 0 Å². The van der Waals surface area contributed by atoms with E-state index in [1.54, 1.807) is 18.2 Å². The Kier molecular flexibility index (Phi) is 4.77. The summed E-state index contributed by atoms with van der Waals surface area (Å²) in [6.07, 6.45) is 2.28. The van der Waals surface area contributed by atoms with Gasteiger partial charge in [-0.2, -0.15) is 0 Å². The molecule has 3 heteroatoms. The van der Waals surface area contributed by atoms with Gasteiger partial charge in [0.1, 0.15) is 5.75 Å². The normalized spacial score (nSPS) is 11.7. The number of benzene rings is 1. The molecule has 0 atom stereocenters. The van der Waals surface area contributed by atoms with Gasteiger partial charge < -0.3 is 15.3 Å². The first-order valence-electron chi connectivity index (χ1n) is 5.65. The summed E-state index contributed by atoms with van der Waals surface area (Å²) in [5.74, 6) is 0.221. The third-order valence-corrected chi connectivity index (χ3v) is 2.94. The Bertz CT molecular complexity index is 319. The van der Waals surface area contributed by atoms with E-state index in [4.69, 9.17) is 0 Å². The first-order chi connectivity index (χ1) is 7.65. The van der Waals surface area contributed by atoms with Gasteiger partial charge in [0.25, 0.3) is 0 Å². The average Bonchev–Trinajstić information content (AvgIpc) is 2.28. The molecule has 0 aliphatic carbocycles. The minimum Gasteiger partial charge on any atom is -0.508 e. The van der Waals surface area contributed by atoms with E-state index in [2.05, 4.69) is 0 Å². The summed E-state index contributed by atoms with van der Waals surface area (Å²) in [5, 5.41) is 28.2. The van der Waals surface area contributed by atoms with Crippen LogP contribution in [0.4, 0.5) is 0 Å². The molecular weight excluding hydrogens is 204 g/mol. The fourth-order valence-corrected chi connectivity index (χ4v) is 2.04. The summed E-state index contributed by atoms with van der Waals surface area (Å²) < 4.78 is 0. The second-order valence-electron chi connectivity index (χ2n) is 4.41. The van der Waals surface area contributed by atoms with Gasteiger partial charge in [-0.15, -0.1) is 0 Å². The molecule has 16 heavy (non-hydrogen) atoms. The summed E-state index contributed by atoms with van der Waals surface area (Å²) in [5.41, 5.74) is 0.472. The minimum atomic E-state index is -0.470. The lowest BCUT2D eigenvalue weighted by Gasteiger charge is -2.29. The maximum absolute atomic E-state index is 9.42. The maximum Gasteiger partial charge on any atom is 0.115 e. The maximum atomic E-state index is 9.42. The molecule has 0 saturated heterocycles. The highest BCUT2D eigenvalue weighted by atomic mass is 16.3. The molecule has 1 aromatic rings. The van der Waals surface area contributed by atoms with Crippen LogP contribution in [-0.4, -0.2) is 28.5 Å². The van der Waals surface area contributed by atoms with Gasteiger partial charge in [-0.05, 0) is 30.5 Å². The van der Waals surface area contributed by atoms with Crippen LogP contribution in [0.25, 0.3) is 0 Å². The van der Waals surface area contributed by atoms with Crippen molar-refractivity contribution in [2.75, 3.05) is 13.2 Å². The first kappa shape index (κ1) is 13.0. The number of phenols is 1. The number of aromatic hydroxyl groups is 1. The highest BCUT2D eigenvalue weighted by Crippen LogP contribution is 2.28. The molecule has 0 spiro atoms. The van der Waals surface area contributed by atoms with Crippen LogP contribution in [0.15, 0.2) is 24.3 Å². The van der Waals surface area contributed by atoms with Crippen molar-refractivity contribution < 1.29 is 15.3 Å². The largest absolute Gasteiger partial charge is 0.508 e. The molecule has 0 unspecified atom stereocenters. The lowest BCUT2D eigenvalue weighted by molar-refractivity contribution is 0.0466. The van der Waals surface area contributed by atoms with Crippen LogP contribution in [0.3, 0.4) is 0 Å². The summed E-state index contributed by atoms with van der Waals surface area (Å²) >= 11 is 0. The van der Waals surface area contributed by atoms with Crippen LogP contribution in [0, 0.1) is 5.41 Å². The SMILES string of the molecule is CCCC(CO)(CO)Cc1cccc(O)c1. The van der Waals surface area contributed by atoms with Crippen molar-refractivity contribution in [3.8, 4) is 5.75 Å². The molecule has 0 amide bonds. The van der Waals surface area contributed by atoms with Crippen molar-refractivity contribution in [3.05, 3.63) is 29.8 Å². The van der Waals surface area contributed by atoms with Crippen LogP contribution in [0.5, 0.6) is 5.75 Å². The zero-order chi connectivity index (χ0) is 12.0. The number of rotatable bonds is 6. The molecule has 0 heterocycles. The molecule has 3 N–H and O–H groups in total. The summed E-state index contributed by atoms with van der Waals surface area (Å²) in [7, 11) is 0. The molecule has 0 fully saturated rings. The molecule has 1 aromatic carbocycles. The Balaban J connectivity index is 2.82. The fourth-order valence-electron chi connectivity index (χ4n) is 2.04. The predicted octanol–water partition coefficient (Wildman–Crippen LogP) is 1.71. The minimum absolute atomic E-state index is 0.0347. The van der Waals surface area contributed by atoms with Crippen molar-refractivity contribution in [1.29, 1.82) is 0 Å². The van der Waals surface area contributed by atoms with Crippen molar-refractivity contribution in [2.24, 2.45) is 5.41 Å². The third-order valence-electron chi connectivity index (χ3n) is 2.94. The van der Waals surface area contributed by atoms with Gasteiger partial charge in [0.2, 0.25) is 0 Å². The molecule has 90 valence electrons. The van der Waals surface area contributed by atoms with Crippen molar-refractivity contribution >= 4 is 0 Å². The fraction of sp³-hybridized carbons (Fsp3) is 0.538. The molecule has 0 aliphatic rings. The molecule has 0 saturated carbocycles. The zero-order valence-corrected chi connectivity index (χ0v) is 9.69. The molecule has 0 aliphatic heterocycles. The quantitative estimate of drug-likeness (QED) is 0.689. The van der Waals surface area contributed by atoms with Crippen LogP contribution >= 0.6 is 0 Å². The Morgan fingerprint density at radius 1 is 1.19 bits per heavy atom. The Hall–Kier alpha value is -1.06. The summed E-state index contributed by atoms with van der Waals surface area (Å²) in [6, 6.07) is 6.96. The first-order valence-corrected chi connectivity index (χ1v) is 5.65. The summed E-state index contributed by atoms with van der Waals surface area (Å²) in [6.45, 7) is 1.96. The van der Waals surface area contributed by atoms with E-state index in [0.717, 1.165) is 18.4 Å². The molecule has 0 bridgehead atoms. The van der Waals surface area contributed by atoms with Gasteiger partial charge in [0.05, 0.1) is 13.2 Å². The van der Waals surface area contributed by atoms with Crippen LogP contribution in [-0.2, 0) is 6.42 Å². The molecule has 0 aromatic heterocycles. The van der Waals surface area contributed by atoms with E-state index >= 15 is 0 Å². The van der Waals surface area contributed by atoms with Crippen LogP contribution in [0.1, 0.15) is 25.3 Å². The van der Waals surface area contributed by atoms with E-state index in [-0.39, 0.29) is 19.0 Å². The van der Waals surface area contributed by atoms with Crippen LogP contribution in [0.2, 0.25) is 0 Å². The number of hydrogen-bond acceptors (Lipinski definition) is 3. The Morgan fingerprint density at radius 3 is 2.38 bits per heavy atom. The van der Waals surface area contributed by atoms with Crippen molar-refractivity contribution in [3.63, 3.8) is 0 Å². The highest BCUT2D eigenvalue weighted by molar-refractivity contribution is 5.28. The predicted molar refractivity (Wildman–Crippen MR) is 63.3 cm³/mol. The van der Waals surface area contributed by atoms with Gasteiger partial charge in [0, 0.05) is 5.41 Å². The Labute approximate surface area is 96.4 Å². The lowest BCUT2D eigenvalue weighted by Crippen LogP contribution is -2.32. The number of phenolic OH excluding ortho intramolecular Hbond substituents is 1. The lowest BCUT2D eigenvalue weighted by atomic mass is 9.79. The van der Waals surface area contributed by atoms with E-state index in [9.17, 15) is 15.3 Å². The summed E-state index contributed by atoms with van der Waals surface area (Å²) in [4.78, 5) is 0. The Morgan fingerprint density at radius 2 is 1.88 bits per heavy atom. The zero-order valence-electron chi connectivity index (χ0n) is 9.69. The topological polar surface area (TPSA) is 60.7 Å². The van der Waals surface area contributed by atoms with E-state index in [1.807, 2.05) is 13.0 Å². The second kappa shape index (κ2) is 5.87.